The molecule has 4 nitrogen and oxygen atoms in total. The van der Waals surface area contributed by atoms with E-state index in [0.29, 0.717) is 12.5 Å². The molecule has 0 amide bonds. The van der Waals surface area contributed by atoms with E-state index in [1.165, 1.54) is 0 Å². The molecule has 1 aromatic heterocycles. The summed E-state index contributed by atoms with van der Waals surface area (Å²) in [7, 11) is 0. The van der Waals surface area contributed by atoms with E-state index in [2.05, 4.69) is 5.32 Å². The highest BCUT2D eigenvalue weighted by Crippen LogP contribution is 2.23. The lowest BCUT2D eigenvalue weighted by Gasteiger charge is -2.07. The molecule has 108 valence electrons. The van der Waals surface area contributed by atoms with E-state index >= 15 is 0 Å². The zero-order valence-corrected chi connectivity index (χ0v) is 11.7. The highest BCUT2D eigenvalue weighted by molar-refractivity contribution is 5.26. The fourth-order valence-electron chi connectivity index (χ4n) is 1.80. The summed E-state index contributed by atoms with van der Waals surface area (Å²) in [6.07, 6.45) is 1.32. The van der Waals surface area contributed by atoms with Gasteiger partial charge in [0.1, 0.15) is 11.5 Å². The Balaban J connectivity index is 1.75. The molecular formula is C16H21NO3. The van der Waals surface area contributed by atoms with Crippen molar-refractivity contribution in [3.63, 3.8) is 0 Å². The standard InChI is InChI=1S/C16H21NO3/c1-2-13(18)10-11-17-12-15-8-9-16(20-15)19-14-6-4-3-5-7-14/h3-9,13,17-18H,2,10-12H2,1H3. The minimum Gasteiger partial charge on any atom is -0.429 e. The Hall–Kier alpha value is -1.78. The van der Waals surface area contributed by atoms with Gasteiger partial charge >= 0.3 is 0 Å². The Morgan fingerprint density at radius 2 is 2.00 bits per heavy atom. The molecule has 0 saturated heterocycles. The van der Waals surface area contributed by atoms with Gasteiger partial charge in [-0.15, -0.1) is 0 Å². The summed E-state index contributed by atoms with van der Waals surface area (Å²) >= 11 is 0. The number of hydrogen-bond acceptors (Lipinski definition) is 4. The number of nitrogens with one attached hydrogen (secondary N) is 1. The van der Waals surface area contributed by atoms with E-state index in [1.807, 2.05) is 49.4 Å². The summed E-state index contributed by atoms with van der Waals surface area (Å²) < 4.78 is 11.2. The first-order valence-electron chi connectivity index (χ1n) is 6.98. The second-order valence-electron chi connectivity index (χ2n) is 4.66. The van der Waals surface area contributed by atoms with E-state index in [4.69, 9.17) is 9.15 Å². The van der Waals surface area contributed by atoms with Crippen molar-refractivity contribution in [2.45, 2.75) is 32.4 Å². The number of rotatable bonds is 8. The van der Waals surface area contributed by atoms with Gasteiger partial charge in [-0.05, 0) is 37.6 Å². The quantitative estimate of drug-likeness (QED) is 0.726. The first-order valence-corrected chi connectivity index (χ1v) is 6.98. The maximum Gasteiger partial charge on any atom is 0.290 e. The van der Waals surface area contributed by atoms with E-state index in [1.54, 1.807) is 0 Å². The first kappa shape index (κ1) is 14.6. The third-order valence-electron chi connectivity index (χ3n) is 3.02. The summed E-state index contributed by atoms with van der Waals surface area (Å²) in [5, 5.41) is 12.7. The average molecular weight is 275 g/mol. The van der Waals surface area contributed by atoms with Crippen LogP contribution in [0, 0.1) is 0 Å². The smallest absolute Gasteiger partial charge is 0.290 e. The van der Waals surface area contributed by atoms with Gasteiger partial charge in [-0.2, -0.15) is 0 Å². The van der Waals surface area contributed by atoms with Crippen LogP contribution in [0.2, 0.25) is 0 Å². The summed E-state index contributed by atoms with van der Waals surface area (Å²) in [6, 6.07) is 13.2. The molecule has 1 aromatic carbocycles. The van der Waals surface area contributed by atoms with E-state index < -0.39 is 0 Å². The van der Waals surface area contributed by atoms with Crippen LogP contribution < -0.4 is 10.1 Å². The minimum absolute atomic E-state index is 0.226. The van der Waals surface area contributed by atoms with Crippen molar-refractivity contribution >= 4 is 0 Å². The van der Waals surface area contributed by atoms with E-state index in [-0.39, 0.29) is 6.10 Å². The van der Waals surface area contributed by atoms with Gasteiger partial charge in [-0.1, -0.05) is 25.1 Å². The molecule has 0 aliphatic heterocycles. The number of benzene rings is 1. The third kappa shape index (κ3) is 4.72. The fourth-order valence-corrected chi connectivity index (χ4v) is 1.80. The number of aliphatic hydroxyl groups excluding tert-OH is 1. The molecule has 0 saturated carbocycles. The predicted octanol–water partition coefficient (Wildman–Crippen LogP) is 3.32. The molecule has 2 N–H and O–H groups in total. The second-order valence-corrected chi connectivity index (χ2v) is 4.66. The van der Waals surface area contributed by atoms with Crippen LogP contribution in [-0.4, -0.2) is 17.8 Å². The van der Waals surface area contributed by atoms with Crippen molar-refractivity contribution in [1.29, 1.82) is 0 Å². The summed E-state index contributed by atoms with van der Waals surface area (Å²) in [6.45, 7) is 3.38. The Labute approximate surface area is 119 Å². The number of ether oxygens (including phenoxy) is 1. The van der Waals surface area contributed by atoms with Crippen LogP contribution in [0.4, 0.5) is 0 Å². The van der Waals surface area contributed by atoms with Gasteiger partial charge in [0, 0.05) is 6.07 Å². The second kappa shape index (κ2) is 7.72. The zero-order valence-electron chi connectivity index (χ0n) is 11.7. The van der Waals surface area contributed by atoms with Crippen LogP contribution in [0.1, 0.15) is 25.5 Å². The molecule has 4 heteroatoms. The summed E-state index contributed by atoms with van der Waals surface area (Å²) in [5.41, 5.74) is 0. The summed E-state index contributed by atoms with van der Waals surface area (Å²) in [5.74, 6) is 2.07. The highest BCUT2D eigenvalue weighted by atomic mass is 16.6. The van der Waals surface area contributed by atoms with Crippen LogP contribution in [0.25, 0.3) is 0 Å². The zero-order chi connectivity index (χ0) is 14.2. The normalized spacial score (nSPS) is 12.3. The lowest BCUT2D eigenvalue weighted by atomic mass is 10.2. The van der Waals surface area contributed by atoms with Gasteiger partial charge in [-0.3, -0.25) is 0 Å². The molecule has 0 radical (unpaired) electrons. The Kier molecular flexibility index (Phi) is 5.65. The average Bonchev–Trinajstić information content (AvgIpc) is 2.92. The van der Waals surface area contributed by atoms with Crippen molar-refractivity contribution in [2.75, 3.05) is 6.54 Å². The van der Waals surface area contributed by atoms with Gasteiger partial charge in [-0.25, -0.2) is 0 Å². The minimum atomic E-state index is -0.226. The molecule has 2 aromatic rings. The number of hydrogen-bond donors (Lipinski definition) is 2. The van der Waals surface area contributed by atoms with Crippen molar-refractivity contribution < 1.29 is 14.3 Å². The van der Waals surface area contributed by atoms with Gasteiger partial charge in [0.2, 0.25) is 0 Å². The number of para-hydroxylation sites is 1. The maximum atomic E-state index is 9.44. The molecule has 0 bridgehead atoms. The van der Waals surface area contributed by atoms with Crippen LogP contribution in [0.3, 0.4) is 0 Å². The number of furan rings is 1. The number of aliphatic hydroxyl groups is 1. The summed E-state index contributed by atoms with van der Waals surface area (Å²) in [4.78, 5) is 0. The van der Waals surface area contributed by atoms with Crippen molar-refractivity contribution in [1.82, 2.24) is 5.32 Å². The third-order valence-corrected chi connectivity index (χ3v) is 3.02. The lowest BCUT2D eigenvalue weighted by Crippen LogP contribution is -2.19. The van der Waals surface area contributed by atoms with E-state index in [0.717, 1.165) is 30.9 Å². The van der Waals surface area contributed by atoms with Gasteiger partial charge < -0.3 is 19.6 Å². The van der Waals surface area contributed by atoms with Crippen molar-refractivity contribution in [3.05, 3.63) is 48.2 Å². The molecule has 2 rings (SSSR count). The molecule has 0 spiro atoms. The molecule has 0 aliphatic rings. The monoisotopic (exact) mass is 275 g/mol. The van der Waals surface area contributed by atoms with Gasteiger partial charge in [0.25, 0.3) is 5.95 Å². The SMILES string of the molecule is CCC(O)CCNCc1ccc(Oc2ccccc2)o1. The molecule has 20 heavy (non-hydrogen) atoms. The van der Waals surface area contributed by atoms with Crippen LogP contribution >= 0.6 is 0 Å². The van der Waals surface area contributed by atoms with Gasteiger partial charge in [0.05, 0.1) is 12.6 Å². The van der Waals surface area contributed by atoms with Crippen molar-refractivity contribution in [3.8, 4) is 11.7 Å². The topological polar surface area (TPSA) is 54.6 Å². The van der Waals surface area contributed by atoms with E-state index in [9.17, 15) is 5.11 Å². The molecule has 1 unspecified atom stereocenters. The van der Waals surface area contributed by atoms with Crippen LogP contribution in [0.5, 0.6) is 11.7 Å². The van der Waals surface area contributed by atoms with Crippen LogP contribution in [-0.2, 0) is 6.54 Å². The predicted molar refractivity (Wildman–Crippen MR) is 77.8 cm³/mol. The Morgan fingerprint density at radius 3 is 2.75 bits per heavy atom. The molecule has 1 atom stereocenters. The first-order chi connectivity index (χ1) is 9.78. The fraction of sp³-hybridized carbons (Fsp3) is 0.375. The molecule has 0 aliphatic carbocycles. The lowest BCUT2D eigenvalue weighted by molar-refractivity contribution is 0.159. The Bertz CT molecular complexity index is 495. The Morgan fingerprint density at radius 1 is 1.20 bits per heavy atom. The molecule has 0 fully saturated rings. The molecular weight excluding hydrogens is 254 g/mol. The van der Waals surface area contributed by atoms with Crippen LogP contribution in [0.15, 0.2) is 46.9 Å². The van der Waals surface area contributed by atoms with Gasteiger partial charge in [0.15, 0.2) is 0 Å². The largest absolute Gasteiger partial charge is 0.429 e. The van der Waals surface area contributed by atoms with Crippen molar-refractivity contribution in [2.24, 2.45) is 0 Å². The molecule has 1 heterocycles. The highest BCUT2D eigenvalue weighted by Gasteiger charge is 2.04. The maximum absolute atomic E-state index is 9.44.